The number of hydrogen-bond acceptors (Lipinski definition) is 3. The van der Waals surface area contributed by atoms with Gasteiger partial charge in [-0.3, -0.25) is 0 Å². The van der Waals surface area contributed by atoms with Crippen molar-refractivity contribution in [2.75, 3.05) is 19.6 Å². The van der Waals surface area contributed by atoms with Crippen molar-refractivity contribution in [2.24, 2.45) is 17.5 Å². The fourth-order valence-corrected chi connectivity index (χ4v) is 3.85. The number of aromatic nitrogens is 3. The maximum absolute atomic E-state index is 4.78. The quantitative estimate of drug-likeness (QED) is 0.685. The molecule has 2 fully saturated rings. The maximum Gasteiger partial charge on any atom is 0.194 e. The molecule has 0 atom stereocenters. The molecule has 1 saturated heterocycles. The van der Waals surface area contributed by atoms with E-state index < -0.39 is 0 Å². The van der Waals surface area contributed by atoms with Crippen molar-refractivity contribution in [1.29, 1.82) is 0 Å². The van der Waals surface area contributed by atoms with Crippen LogP contribution < -0.4 is 5.32 Å². The van der Waals surface area contributed by atoms with E-state index >= 15 is 0 Å². The molecule has 2 heterocycles. The van der Waals surface area contributed by atoms with Gasteiger partial charge in [-0.05, 0) is 31.6 Å². The fourth-order valence-electron chi connectivity index (χ4n) is 3.85. The Morgan fingerprint density at radius 3 is 2.82 bits per heavy atom. The van der Waals surface area contributed by atoms with Crippen molar-refractivity contribution >= 4 is 5.96 Å². The third-order valence-corrected chi connectivity index (χ3v) is 5.16. The predicted octanol–water partition coefficient (Wildman–Crippen LogP) is 1.94. The zero-order valence-corrected chi connectivity index (χ0v) is 13.9. The van der Waals surface area contributed by atoms with Gasteiger partial charge in [0.2, 0.25) is 0 Å². The topological polar surface area (TPSA) is 58.3 Å². The molecule has 0 unspecified atom stereocenters. The van der Waals surface area contributed by atoms with Crippen molar-refractivity contribution in [2.45, 2.75) is 52.0 Å². The number of aryl methyl sites for hydroxylation is 1. The third kappa shape index (κ3) is 3.25. The average Bonchev–Trinajstić information content (AvgIpc) is 3.12. The third-order valence-electron chi connectivity index (χ3n) is 5.16. The van der Waals surface area contributed by atoms with Gasteiger partial charge >= 0.3 is 0 Å². The molecule has 3 rings (SSSR count). The molecule has 0 aromatic carbocycles. The van der Waals surface area contributed by atoms with Crippen LogP contribution >= 0.6 is 0 Å². The average molecular weight is 304 g/mol. The summed E-state index contributed by atoms with van der Waals surface area (Å²) in [7, 11) is 1.96. The molecule has 0 bridgehead atoms. The Morgan fingerprint density at radius 1 is 1.32 bits per heavy atom. The minimum atomic E-state index is 0.555. The van der Waals surface area contributed by atoms with Gasteiger partial charge in [-0.2, -0.15) is 0 Å². The molecule has 1 saturated carbocycles. The minimum Gasteiger partial charge on any atom is -0.357 e. The second kappa shape index (κ2) is 6.67. The van der Waals surface area contributed by atoms with E-state index in [2.05, 4.69) is 27.3 Å². The molecule has 2 aliphatic rings. The molecule has 1 aliphatic heterocycles. The molecule has 6 heteroatoms. The summed E-state index contributed by atoms with van der Waals surface area (Å²) < 4.78 is 1.93. The molecule has 1 aromatic rings. The van der Waals surface area contributed by atoms with Crippen molar-refractivity contribution < 1.29 is 0 Å². The van der Waals surface area contributed by atoms with Crippen molar-refractivity contribution in [3.63, 3.8) is 0 Å². The highest BCUT2D eigenvalue weighted by atomic mass is 15.3. The van der Waals surface area contributed by atoms with Crippen LogP contribution in [0.3, 0.4) is 0 Å². The standard InChI is InChI=1S/C16H28N6/c1-3-17-15(18-11-14-20-19-13-21(14)2)22-10-9-16(12-22)7-5-4-6-8-16/h13H,3-12H2,1-2H3,(H,17,18). The summed E-state index contributed by atoms with van der Waals surface area (Å²) in [6.45, 7) is 5.91. The van der Waals surface area contributed by atoms with E-state index in [1.807, 2.05) is 11.6 Å². The Bertz CT molecular complexity index is 514. The van der Waals surface area contributed by atoms with Gasteiger partial charge < -0.3 is 14.8 Å². The lowest BCUT2D eigenvalue weighted by atomic mass is 9.73. The van der Waals surface area contributed by atoms with Crippen molar-refractivity contribution in [3.8, 4) is 0 Å². The lowest BCUT2D eigenvalue weighted by Crippen LogP contribution is -2.41. The van der Waals surface area contributed by atoms with Gasteiger partial charge in [0, 0.05) is 26.7 Å². The van der Waals surface area contributed by atoms with Gasteiger partial charge in [0.1, 0.15) is 12.9 Å². The van der Waals surface area contributed by atoms with Crippen molar-refractivity contribution in [3.05, 3.63) is 12.2 Å². The number of rotatable bonds is 3. The summed E-state index contributed by atoms with van der Waals surface area (Å²) in [6.07, 6.45) is 10.1. The maximum atomic E-state index is 4.78. The lowest BCUT2D eigenvalue weighted by molar-refractivity contribution is 0.203. The Labute approximate surface area is 133 Å². The number of hydrogen-bond donors (Lipinski definition) is 1. The minimum absolute atomic E-state index is 0.555. The lowest BCUT2D eigenvalue weighted by Gasteiger charge is -2.33. The normalized spacial score (nSPS) is 21.5. The van der Waals surface area contributed by atoms with E-state index in [-0.39, 0.29) is 0 Å². The van der Waals surface area contributed by atoms with Gasteiger partial charge in [0.15, 0.2) is 11.8 Å². The first-order chi connectivity index (χ1) is 10.7. The summed E-state index contributed by atoms with van der Waals surface area (Å²) >= 11 is 0. The first-order valence-electron chi connectivity index (χ1n) is 8.59. The van der Waals surface area contributed by atoms with Crippen LogP contribution in [0, 0.1) is 5.41 Å². The number of aliphatic imine (C=N–C) groups is 1. The fraction of sp³-hybridized carbons (Fsp3) is 0.812. The van der Waals surface area contributed by atoms with Gasteiger partial charge in [0.05, 0.1) is 0 Å². The second-order valence-electron chi connectivity index (χ2n) is 6.76. The molecule has 1 aliphatic carbocycles. The van der Waals surface area contributed by atoms with Gasteiger partial charge in [-0.1, -0.05) is 19.3 Å². The zero-order valence-electron chi connectivity index (χ0n) is 13.9. The second-order valence-corrected chi connectivity index (χ2v) is 6.76. The number of likely N-dealkylation sites (tertiary alicyclic amines) is 1. The van der Waals surface area contributed by atoms with Crippen LogP contribution in [0.2, 0.25) is 0 Å². The Morgan fingerprint density at radius 2 is 2.14 bits per heavy atom. The van der Waals surface area contributed by atoms with Gasteiger partial charge in [-0.15, -0.1) is 10.2 Å². The molecule has 1 aromatic heterocycles. The Hall–Kier alpha value is -1.59. The number of guanidine groups is 1. The predicted molar refractivity (Wildman–Crippen MR) is 87.5 cm³/mol. The van der Waals surface area contributed by atoms with E-state index in [0.717, 1.165) is 31.4 Å². The van der Waals surface area contributed by atoms with E-state index in [1.165, 1.54) is 38.5 Å². The highest BCUT2D eigenvalue weighted by Gasteiger charge is 2.39. The molecular weight excluding hydrogens is 276 g/mol. The van der Waals surface area contributed by atoms with Gasteiger partial charge in [0.25, 0.3) is 0 Å². The Balaban J connectivity index is 1.67. The molecule has 6 nitrogen and oxygen atoms in total. The van der Waals surface area contributed by atoms with Crippen LogP contribution in [0.1, 0.15) is 51.3 Å². The summed E-state index contributed by atoms with van der Waals surface area (Å²) in [6, 6.07) is 0. The molecule has 22 heavy (non-hydrogen) atoms. The highest BCUT2D eigenvalue weighted by molar-refractivity contribution is 5.80. The highest BCUT2D eigenvalue weighted by Crippen LogP contribution is 2.43. The zero-order chi connectivity index (χ0) is 15.4. The van der Waals surface area contributed by atoms with E-state index in [0.29, 0.717) is 12.0 Å². The van der Waals surface area contributed by atoms with E-state index in [9.17, 15) is 0 Å². The Kier molecular flexibility index (Phi) is 4.64. The van der Waals surface area contributed by atoms with Crippen LogP contribution in [0.25, 0.3) is 0 Å². The monoisotopic (exact) mass is 304 g/mol. The SMILES string of the molecule is CCNC(=NCc1nncn1C)N1CCC2(CCCCC2)C1. The van der Waals surface area contributed by atoms with Crippen LogP contribution in [0.5, 0.6) is 0 Å². The number of nitrogens with one attached hydrogen (secondary N) is 1. The molecule has 1 spiro atoms. The first kappa shape index (κ1) is 15.3. The van der Waals surface area contributed by atoms with Crippen LogP contribution in [0.4, 0.5) is 0 Å². The van der Waals surface area contributed by atoms with E-state index in [1.54, 1.807) is 6.33 Å². The summed E-state index contributed by atoms with van der Waals surface area (Å²) in [5.74, 6) is 1.94. The summed E-state index contributed by atoms with van der Waals surface area (Å²) in [4.78, 5) is 7.23. The number of nitrogens with zero attached hydrogens (tertiary/aromatic N) is 5. The first-order valence-corrected chi connectivity index (χ1v) is 8.59. The molecule has 1 N–H and O–H groups in total. The van der Waals surface area contributed by atoms with E-state index in [4.69, 9.17) is 4.99 Å². The smallest absolute Gasteiger partial charge is 0.194 e. The van der Waals surface area contributed by atoms with Crippen molar-refractivity contribution in [1.82, 2.24) is 25.0 Å². The molecule has 0 amide bonds. The molecular formula is C16H28N6. The van der Waals surface area contributed by atoms with Crippen LogP contribution in [0.15, 0.2) is 11.3 Å². The summed E-state index contributed by atoms with van der Waals surface area (Å²) in [5, 5.41) is 11.5. The van der Waals surface area contributed by atoms with Crippen LogP contribution in [-0.4, -0.2) is 45.3 Å². The van der Waals surface area contributed by atoms with Crippen LogP contribution in [-0.2, 0) is 13.6 Å². The molecule has 0 radical (unpaired) electrons. The summed E-state index contributed by atoms with van der Waals surface area (Å²) in [5.41, 5.74) is 0.555. The van der Waals surface area contributed by atoms with Gasteiger partial charge in [-0.25, -0.2) is 4.99 Å². The largest absolute Gasteiger partial charge is 0.357 e. The molecule has 122 valence electrons.